The molecule has 2 aromatic rings. The van der Waals surface area contributed by atoms with Crippen molar-refractivity contribution in [3.05, 3.63) is 58.6 Å². The maximum absolute atomic E-state index is 13.6. The number of halogens is 1. The molecule has 0 aliphatic carbocycles. The number of hydrogen-bond donors (Lipinski definition) is 0. The standard InChI is InChI=1S/C27H35ClN2O4S/c1-21-9-4-5-10-25(21)35(32,33)30-16-8-13-27(19-30,18-26(31)29-14-6-3-7-15-29)20-34-23-11-12-24(28)22(2)17-23/h4-5,9-12,17H,3,6-8,13-16,18-20H2,1-2H3/t27-/m0/s1. The van der Waals surface area contributed by atoms with E-state index in [1.807, 2.05) is 43.0 Å². The molecule has 2 saturated heterocycles. The van der Waals surface area contributed by atoms with Gasteiger partial charge in [0.2, 0.25) is 15.9 Å². The molecule has 8 heteroatoms. The van der Waals surface area contributed by atoms with Crippen LogP contribution in [-0.4, -0.2) is 56.3 Å². The number of carbonyl (C=O) groups excluding carboxylic acids is 1. The fourth-order valence-corrected chi connectivity index (χ4v) is 7.12. The van der Waals surface area contributed by atoms with Crippen LogP contribution in [0.4, 0.5) is 0 Å². The number of sulfonamides is 1. The number of carbonyl (C=O) groups is 1. The second-order valence-corrected chi connectivity index (χ2v) is 12.3. The van der Waals surface area contributed by atoms with E-state index in [9.17, 15) is 13.2 Å². The first-order valence-corrected chi connectivity index (χ1v) is 14.2. The molecule has 6 nitrogen and oxygen atoms in total. The summed E-state index contributed by atoms with van der Waals surface area (Å²) in [7, 11) is -3.68. The fraction of sp³-hybridized carbons (Fsp3) is 0.519. The molecule has 4 rings (SSSR count). The summed E-state index contributed by atoms with van der Waals surface area (Å²) in [5, 5.41) is 0.667. The summed E-state index contributed by atoms with van der Waals surface area (Å²) >= 11 is 6.17. The van der Waals surface area contributed by atoms with E-state index in [0.717, 1.165) is 49.9 Å². The highest BCUT2D eigenvalue weighted by atomic mass is 35.5. The van der Waals surface area contributed by atoms with Crippen molar-refractivity contribution in [2.75, 3.05) is 32.8 Å². The van der Waals surface area contributed by atoms with Gasteiger partial charge in [-0.25, -0.2) is 8.42 Å². The van der Waals surface area contributed by atoms with Gasteiger partial charge in [-0.15, -0.1) is 0 Å². The van der Waals surface area contributed by atoms with Gasteiger partial charge < -0.3 is 9.64 Å². The third-order valence-electron chi connectivity index (χ3n) is 7.25. The smallest absolute Gasteiger partial charge is 0.243 e. The first kappa shape index (κ1) is 26.0. The molecular formula is C27H35ClN2O4S. The lowest BCUT2D eigenvalue weighted by atomic mass is 9.78. The van der Waals surface area contributed by atoms with Crippen LogP contribution in [0, 0.1) is 19.3 Å². The first-order chi connectivity index (χ1) is 16.7. The van der Waals surface area contributed by atoms with Gasteiger partial charge in [0.15, 0.2) is 0 Å². The number of ether oxygens (including phenoxy) is 1. The zero-order valence-electron chi connectivity index (χ0n) is 20.6. The summed E-state index contributed by atoms with van der Waals surface area (Å²) in [6, 6.07) is 12.6. The van der Waals surface area contributed by atoms with Gasteiger partial charge in [0.25, 0.3) is 0 Å². The van der Waals surface area contributed by atoms with Crippen LogP contribution in [0.5, 0.6) is 5.75 Å². The summed E-state index contributed by atoms with van der Waals surface area (Å²) in [6.07, 6.45) is 4.89. The van der Waals surface area contributed by atoms with Crippen LogP contribution in [0.1, 0.15) is 49.7 Å². The molecule has 0 radical (unpaired) electrons. The number of aryl methyl sites for hydroxylation is 2. The largest absolute Gasteiger partial charge is 0.493 e. The molecule has 2 heterocycles. The van der Waals surface area contributed by atoms with Crippen molar-refractivity contribution < 1.29 is 17.9 Å². The fourth-order valence-electron chi connectivity index (χ4n) is 5.19. The van der Waals surface area contributed by atoms with Crippen LogP contribution in [-0.2, 0) is 14.8 Å². The van der Waals surface area contributed by atoms with Crippen LogP contribution in [0.3, 0.4) is 0 Å². The Balaban J connectivity index is 1.60. The van der Waals surface area contributed by atoms with Crippen molar-refractivity contribution in [2.24, 2.45) is 5.41 Å². The topological polar surface area (TPSA) is 66.9 Å². The first-order valence-electron chi connectivity index (χ1n) is 12.4. The second-order valence-electron chi connectivity index (χ2n) is 10.0. The molecule has 0 unspecified atom stereocenters. The highest BCUT2D eigenvalue weighted by Crippen LogP contribution is 2.38. The van der Waals surface area contributed by atoms with Crippen molar-refractivity contribution in [1.29, 1.82) is 0 Å². The van der Waals surface area contributed by atoms with E-state index in [4.69, 9.17) is 16.3 Å². The zero-order valence-corrected chi connectivity index (χ0v) is 22.2. The van der Waals surface area contributed by atoms with Gasteiger partial charge in [0, 0.05) is 43.0 Å². The van der Waals surface area contributed by atoms with E-state index < -0.39 is 15.4 Å². The van der Waals surface area contributed by atoms with Crippen LogP contribution < -0.4 is 4.74 Å². The van der Waals surface area contributed by atoms with E-state index in [0.29, 0.717) is 28.6 Å². The Kier molecular flexibility index (Phi) is 8.09. The molecule has 1 amide bonds. The molecule has 190 valence electrons. The van der Waals surface area contributed by atoms with Crippen molar-refractivity contribution in [1.82, 2.24) is 9.21 Å². The number of piperidine rings is 2. The van der Waals surface area contributed by atoms with Gasteiger partial charge in [-0.05, 0) is 81.3 Å². The van der Waals surface area contributed by atoms with Gasteiger partial charge in [-0.3, -0.25) is 4.79 Å². The molecular weight excluding hydrogens is 484 g/mol. The molecule has 0 saturated carbocycles. The van der Waals surface area contributed by atoms with Gasteiger partial charge in [-0.2, -0.15) is 4.31 Å². The zero-order chi connectivity index (χ0) is 25.1. The van der Waals surface area contributed by atoms with Crippen molar-refractivity contribution in [3.63, 3.8) is 0 Å². The van der Waals surface area contributed by atoms with E-state index in [-0.39, 0.29) is 25.5 Å². The third kappa shape index (κ3) is 6.01. The van der Waals surface area contributed by atoms with Gasteiger partial charge in [0.05, 0.1) is 11.5 Å². The van der Waals surface area contributed by atoms with Crippen molar-refractivity contribution in [2.45, 2.75) is 57.3 Å². The second kappa shape index (κ2) is 10.9. The Morgan fingerprint density at radius 1 is 1.00 bits per heavy atom. The molecule has 2 aliphatic rings. The quantitative estimate of drug-likeness (QED) is 0.504. The SMILES string of the molecule is Cc1cc(OC[C@]2(CC(=O)N3CCCCC3)CCCN(S(=O)(=O)c3ccccc3C)C2)ccc1Cl. The van der Waals surface area contributed by atoms with Crippen LogP contribution in [0.25, 0.3) is 0 Å². The highest BCUT2D eigenvalue weighted by molar-refractivity contribution is 7.89. The summed E-state index contributed by atoms with van der Waals surface area (Å²) in [5.41, 5.74) is 1.03. The summed E-state index contributed by atoms with van der Waals surface area (Å²) in [4.78, 5) is 15.6. The Morgan fingerprint density at radius 3 is 2.46 bits per heavy atom. The Labute approximate surface area is 214 Å². The number of rotatable bonds is 7. The maximum Gasteiger partial charge on any atom is 0.243 e. The number of hydrogen-bond acceptors (Lipinski definition) is 4. The molecule has 2 aromatic carbocycles. The average Bonchev–Trinajstić information content (AvgIpc) is 2.85. The lowest BCUT2D eigenvalue weighted by Gasteiger charge is -2.42. The van der Waals surface area contributed by atoms with Crippen LogP contribution in [0.15, 0.2) is 47.4 Å². The van der Waals surface area contributed by atoms with Crippen LogP contribution in [0.2, 0.25) is 5.02 Å². The number of amides is 1. The predicted octanol–water partition coefficient (Wildman–Crippen LogP) is 5.21. The number of likely N-dealkylation sites (tertiary alicyclic amines) is 1. The molecule has 0 N–H and O–H groups in total. The lowest BCUT2D eigenvalue weighted by molar-refractivity contribution is -0.136. The van der Waals surface area contributed by atoms with Crippen molar-refractivity contribution >= 4 is 27.5 Å². The van der Waals surface area contributed by atoms with Gasteiger partial charge in [-0.1, -0.05) is 29.8 Å². The normalized spacial score (nSPS) is 21.6. The molecule has 0 bridgehead atoms. The minimum atomic E-state index is -3.68. The number of benzene rings is 2. The van der Waals surface area contributed by atoms with Crippen LogP contribution >= 0.6 is 11.6 Å². The molecule has 2 fully saturated rings. The summed E-state index contributed by atoms with van der Waals surface area (Å²) in [5.74, 6) is 0.770. The summed E-state index contributed by atoms with van der Waals surface area (Å²) < 4.78 is 35.0. The van der Waals surface area contributed by atoms with E-state index in [2.05, 4.69) is 0 Å². The predicted molar refractivity (Wildman–Crippen MR) is 138 cm³/mol. The van der Waals surface area contributed by atoms with Crippen molar-refractivity contribution in [3.8, 4) is 5.75 Å². The Hall–Kier alpha value is -2.09. The van der Waals surface area contributed by atoms with Gasteiger partial charge >= 0.3 is 0 Å². The van der Waals surface area contributed by atoms with E-state index in [1.54, 1.807) is 22.5 Å². The molecule has 0 aromatic heterocycles. The average molecular weight is 519 g/mol. The van der Waals surface area contributed by atoms with E-state index in [1.165, 1.54) is 0 Å². The minimum absolute atomic E-state index is 0.0933. The van der Waals surface area contributed by atoms with Gasteiger partial charge in [0.1, 0.15) is 5.75 Å². The minimum Gasteiger partial charge on any atom is -0.493 e. The Morgan fingerprint density at radius 2 is 1.74 bits per heavy atom. The lowest BCUT2D eigenvalue weighted by Crippen LogP contribution is -2.51. The summed E-state index contributed by atoms with van der Waals surface area (Å²) in [6.45, 7) is 6.26. The third-order valence-corrected chi connectivity index (χ3v) is 9.68. The maximum atomic E-state index is 13.6. The molecule has 0 spiro atoms. The monoisotopic (exact) mass is 518 g/mol. The molecule has 35 heavy (non-hydrogen) atoms. The molecule has 1 atom stereocenters. The highest BCUT2D eigenvalue weighted by Gasteiger charge is 2.43. The van der Waals surface area contributed by atoms with E-state index >= 15 is 0 Å². The molecule has 2 aliphatic heterocycles. The Bertz CT molecular complexity index is 1160. The number of nitrogens with zero attached hydrogens (tertiary/aromatic N) is 2.